The third-order valence-electron chi connectivity index (χ3n) is 2.12. The van der Waals surface area contributed by atoms with Gasteiger partial charge in [-0.15, -0.1) is 9.20 Å². The number of nitrogens with one attached hydrogen (secondary N) is 1. The van der Waals surface area contributed by atoms with Crippen LogP contribution in [-0.4, -0.2) is 22.2 Å². The maximum Gasteiger partial charge on any atom is 0.380 e. The van der Waals surface area contributed by atoms with Gasteiger partial charge in [0.15, 0.2) is 11.5 Å². The highest BCUT2D eigenvalue weighted by molar-refractivity contribution is 7.84. The molecule has 0 atom stereocenters. The van der Waals surface area contributed by atoms with Crippen molar-refractivity contribution in [2.24, 2.45) is 10.2 Å². The Morgan fingerprint density at radius 3 is 2.37 bits per heavy atom. The van der Waals surface area contributed by atoms with E-state index in [2.05, 4.69) is 10.2 Å². The van der Waals surface area contributed by atoms with Crippen LogP contribution in [0.5, 0.6) is 0 Å². The molecule has 0 spiro atoms. The van der Waals surface area contributed by atoms with Crippen LogP contribution in [0.15, 0.2) is 45.4 Å². The average molecular weight is 283 g/mol. The van der Waals surface area contributed by atoms with Gasteiger partial charge in [0.2, 0.25) is 0 Å². The van der Waals surface area contributed by atoms with Gasteiger partial charge in [0.1, 0.15) is 0 Å². The molecule has 0 amide bonds. The Balaban J connectivity index is 2.46. The molecule has 1 aromatic heterocycles. The van der Waals surface area contributed by atoms with Crippen molar-refractivity contribution in [1.82, 2.24) is 9.19 Å². The first-order chi connectivity index (χ1) is 8.89. The van der Waals surface area contributed by atoms with Crippen LogP contribution in [0.3, 0.4) is 0 Å². The van der Waals surface area contributed by atoms with E-state index in [4.69, 9.17) is 10.3 Å². The fourth-order valence-electron chi connectivity index (χ4n) is 1.29. The van der Waals surface area contributed by atoms with Crippen LogP contribution in [0.2, 0.25) is 0 Å². The monoisotopic (exact) mass is 283 g/mol. The quantitative estimate of drug-likeness (QED) is 0.564. The van der Waals surface area contributed by atoms with Gasteiger partial charge in [0, 0.05) is 0 Å². The van der Waals surface area contributed by atoms with Gasteiger partial charge in [0.25, 0.3) is 0 Å². The molecule has 0 bridgehead atoms. The second-order valence-electron chi connectivity index (χ2n) is 3.46. The zero-order valence-corrected chi connectivity index (χ0v) is 10.2. The lowest BCUT2D eigenvalue weighted by Gasteiger charge is -1.92. The first-order valence-corrected chi connectivity index (χ1v) is 6.34. The van der Waals surface area contributed by atoms with Crippen molar-refractivity contribution in [3.63, 3.8) is 0 Å². The van der Waals surface area contributed by atoms with Gasteiger partial charge in [-0.3, -0.25) is 14.4 Å². The van der Waals surface area contributed by atoms with E-state index < -0.39 is 21.6 Å². The average Bonchev–Trinajstić information content (AvgIpc) is 2.64. The molecule has 9 nitrogen and oxygen atoms in total. The van der Waals surface area contributed by atoms with Crippen LogP contribution in [0.1, 0.15) is 0 Å². The zero-order valence-electron chi connectivity index (χ0n) is 9.39. The van der Waals surface area contributed by atoms with E-state index in [1.807, 2.05) is 5.10 Å². The highest BCUT2D eigenvalue weighted by Crippen LogP contribution is 2.19. The predicted octanol–water partition coefficient (Wildman–Crippen LogP) is 0.825. The van der Waals surface area contributed by atoms with Crippen LogP contribution in [0.4, 0.5) is 17.2 Å². The number of aromatic amines is 1. The molecule has 2 aromatic rings. The van der Waals surface area contributed by atoms with Crippen molar-refractivity contribution in [2.75, 3.05) is 5.73 Å². The largest absolute Gasteiger partial charge is 0.382 e. The van der Waals surface area contributed by atoms with Crippen molar-refractivity contribution in [3.05, 3.63) is 40.7 Å². The third-order valence-corrected chi connectivity index (χ3v) is 2.84. The van der Waals surface area contributed by atoms with Crippen molar-refractivity contribution in [3.8, 4) is 0 Å². The van der Waals surface area contributed by atoms with Crippen molar-refractivity contribution in [2.45, 2.75) is 0 Å². The lowest BCUT2D eigenvalue weighted by molar-refractivity contribution is 0.464. The van der Waals surface area contributed by atoms with Crippen LogP contribution < -0.4 is 11.3 Å². The summed E-state index contributed by atoms with van der Waals surface area (Å²) in [6.45, 7) is 0. The summed E-state index contributed by atoms with van der Waals surface area (Å²) in [7, 11) is -4.75. The summed E-state index contributed by atoms with van der Waals surface area (Å²) in [4.78, 5) is 11.6. The van der Waals surface area contributed by atoms with Crippen LogP contribution in [0.25, 0.3) is 0 Å². The van der Waals surface area contributed by atoms with E-state index in [0.717, 1.165) is 0 Å². The lowest BCUT2D eigenvalue weighted by atomic mass is 10.3. The smallest absolute Gasteiger partial charge is 0.380 e. The number of azo groups is 1. The number of hydrogen-bond donors (Lipinski definition) is 3. The summed E-state index contributed by atoms with van der Waals surface area (Å²) in [5.74, 6) is -0.317. The number of nitrogen functional groups attached to an aromatic ring is 1. The van der Waals surface area contributed by atoms with Crippen LogP contribution in [-0.2, 0) is 10.3 Å². The molecule has 0 unspecified atom stereocenters. The van der Waals surface area contributed by atoms with Gasteiger partial charge in [0.05, 0.1) is 5.69 Å². The zero-order chi connectivity index (χ0) is 14.0. The molecule has 1 heterocycles. The van der Waals surface area contributed by atoms with E-state index in [1.54, 1.807) is 30.3 Å². The first-order valence-electron chi connectivity index (χ1n) is 4.95. The molecule has 1 aromatic carbocycles. The number of hydrogen-bond acceptors (Lipinski definition) is 6. The third kappa shape index (κ3) is 2.69. The summed E-state index contributed by atoms with van der Waals surface area (Å²) in [6.07, 6.45) is 0. The summed E-state index contributed by atoms with van der Waals surface area (Å²) >= 11 is 0. The number of nitrogens with zero attached hydrogens (tertiary/aromatic N) is 3. The van der Waals surface area contributed by atoms with Crippen LogP contribution >= 0.6 is 0 Å². The summed E-state index contributed by atoms with van der Waals surface area (Å²) in [6, 6.07) is 8.47. The van der Waals surface area contributed by atoms with E-state index in [1.165, 1.54) is 0 Å². The van der Waals surface area contributed by atoms with Gasteiger partial charge >= 0.3 is 15.9 Å². The summed E-state index contributed by atoms with van der Waals surface area (Å²) < 4.78 is 30.4. The molecule has 0 saturated heterocycles. The Morgan fingerprint density at radius 1 is 1.21 bits per heavy atom. The van der Waals surface area contributed by atoms with E-state index in [0.29, 0.717) is 5.69 Å². The second-order valence-corrected chi connectivity index (χ2v) is 4.72. The number of H-pyrrole nitrogens is 1. The van der Waals surface area contributed by atoms with Crippen molar-refractivity contribution in [1.29, 1.82) is 0 Å². The number of benzene rings is 1. The Morgan fingerprint density at radius 2 is 1.84 bits per heavy atom. The fourth-order valence-corrected chi connectivity index (χ4v) is 1.80. The molecule has 2 rings (SSSR count). The van der Waals surface area contributed by atoms with E-state index in [-0.39, 0.29) is 9.90 Å². The van der Waals surface area contributed by atoms with Gasteiger partial charge < -0.3 is 5.73 Å². The van der Waals surface area contributed by atoms with Crippen LogP contribution in [0, 0.1) is 0 Å². The molecule has 10 heteroatoms. The molecule has 4 N–H and O–H groups in total. The topological polar surface area (TPSA) is 143 Å². The minimum absolute atomic E-state index is 0.0261. The van der Waals surface area contributed by atoms with Crippen molar-refractivity contribution < 1.29 is 13.0 Å². The molecule has 0 saturated carbocycles. The van der Waals surface area contributed by atoms with Gasteiger partial charge in [-0.2, -0.15) is 13.5 Å². The molecule has 0 aliphatic carbocycles. The molecule has 19 heavy (non-hydrogen) atoms. The SMILES string of the molecule is Nc1[nH]n(S(=O)(=O)O)c(=O)c1N=Nc1ccccc1. The molecule has 0 aliphatic heterocycles. The Labute approximate surface area is 107 Å². The Hall–Kier alpha value is -2.46. The maximum absolute atomic E-state index is 11.6. The maximum atomic E-state index is 11.6. The lowest BCUT2D eigenvalue weighted by Crippen LogP contribution is -2.24. The minimum atomic E-state index is -4.75. The molecule has 0 fully saturated rings. The summed E-state index contributed by atoms with van der Waals surface area (Å²) in [5.41, 5.74) is 4.34. The normalized spacial score (nSPS) is 12.1. The Kier molecular flexibility index (Phi) is 3.19. The molecular weight excluding hydrogens is 274 g/mol. The van der Waals surface area contributed by atoms with E-state index in [9.17, 15) is 13.2 Å². The number of aromatic nitrogens is 2. The number of nitrogens with two attached hydrogens (primary N) is 1. The van der Waals surface area contributed by atoms with Gasteiger partial charge in [-0.1, -0.05) is 18.2 Å². The highest BCUT2D eigenvalue weighted by Gasteiger charge is 2.19. The van der Waals surface area contributed by atoms with Gasteiger partial charge in [-0.25, -0.2) is 0 Å². The molecule has 0 aliphatic rings. The summed E-state index contributed by atoms with van der Waals surface area (Å²) in [5, 5.41) is 9.28. The molecule has 100 valence electrons. The predicted molar refractivity (Wildman–Crippen MR) is 67.0 cm³/mol. The van der Waals surface area contributed by atoms with E-state index >= 15 is 0 Å². The standard InChI is InChI=1S/C9H9N5O4S/c10-8-7(9(15)14(13-8)19(16,17)18)12-11-6-4-2-1-3-5-6/h1-5,13H,10H2,(H,16,17,18). The fraction of sp³-hybridized carbons (Fsp3) is 0. The number of anilines is 1. The van der Waals surface area contributed by atoms with Gasteiger partial charge in [-0.05, 0) is 12.1 Å². The molecular formula is C9H9N5O4S. The Bertz CT molecular complexity index is 775. The highest BCUT2D eigenvalue weighted by atomic mass is 32.2. The minimum Gasteiger partial charge on any atom is -0.382 e. The first kappa shape index (κ1) is 13.0. The number of rotatable bonds is 3. The second kappa shape index (κ2) is 4.66. The van der Waals surface area contributed by atoms with Crippen molar-refractivity contribution >= 4 is 27.5 Å². The molecule has 0 radical (unpaired) electrons.